The summed E-state index contributed by atoms with van der Waals surface area (Å²) in [4.78, 5) is 5.44. The SMILES string of the molecule is C1=C(c2ccc(-c3ccccc3)cc2)N=C(c2ccccc2-c2ccc3c(c2)C2(c4ccccc4O3)c3ccccc3-c3ccccc32)NC1c1ccc(-c2ccccc2)cc1. The zero-order valence-corrected chi connectivity index (χ0v) is 33.9. The molecule has 62 heavy (non-hydrogen) atoms. The third-order valence-corrected chi connectivity index (χ3v) is 12.9. The molecule has 0 fully saturated rings. The number of hydrogen-bond donors (Lipinski definition) is 1. The van der Waals surface area contributed by atoms with Crippen molar-refractivity contribution >= 4 is 11.5 Å². The van der Waals surface area contributed by atoms with Crippen LogP contribution in [0.4, 0.5) is 0 Å². The maximum Gasteiger partial charge on any atom is 0.135 e. The number of amidine groups is 1. The van der Waals surface area contributed by atoms with E-state index in [0.717, 1.165) is 62.0 Å². The highest BCUT2D eigenvalue weighted by atomic mass is 16.5. The van der Waals surface area contributed by atoms with Gasteiger partial charge in [0, 0.05) is 16.7 Å². The van der Waals surface area contributed by atoms with Gasteiger partial charge < -0.3 is 10.1 Å². The minimum atomic E-state index is -0.554. The first-order valence-corrected chi connectivity index (χ1v) is 21.3. The van der Waals surface area contributed by atoms with Gasteiger partial charge in [0.15, 0.2) is 0 Å². The molecule has 12 rings (SSSR count). The first kappa shape index (κ1) is 35.9. The number of nitrogens with zero attached hydrogens (tertiary/aromatic N) is 1. The van der Waals surface area contributed by atoms with Crippen LogP contribution in [0.2, 0.25) is 0 Å². The maximum absolute atomic E-state index is 6.79. The van der Waals surface area contributed by atoms with Gasteiger partial charge in [0.2, 0.25) is 0 Å². The van der Waals surface area contributed by atoms with Crippen molar-refractivity contribution in [2.24, 2.45) is 4.99 Å². The molecule has 0 saturated heterocycles. The van der Waals surface area contributed by atoms with Crippen LogP contribution in [0.25, 0.3) is 50.2 Å². The Balaban J connectivity index is 0.995. The zero-order chi connectivity index (χ0) is 41.0. The summed E-state index contributed by atoms with van der Waals surface area (Å²) < 4.78 is 6.79. The molecule has 1 unspecified atom stereocenters. The molecule has 1 spiro atoms. The predicted octanol–water partition coefficient (Wildman–Crippen LogP) is 14.3. The van der Waals surface area contributed by atoms with E-state index in [1.54, 1.807) is 0 Å². The van der Waals surface area contributed by atoms with E-state index in [1.807, 2.05) is 0 Å². The van der Waals surface area contributed by atoms with Crippen molar-refractivity contribution in [2.75, 3.05) is 0 Å². The fourth-order valence-corrected chi connectivity index (χ4v) is 9.96. The molecule has 1 atom stereocenters. The number of benzene rings is 9. The van der Waals surface area contributed by atoms with Crippen molar-refractivity contribution in [3.8, 4) is 56.0 Å². The van der Waals surface area contributed by atoms with Gasteiger partial charge in [-0.15, -0.1) is 0 Å². The summed E-state index contributed by atoms with van der Waals surface area (Å²) in [6, 6.07) is 80.3. The lowest BCUT2D eigenvalue weighted by Gasteiger charge is -2.39. The molecule has 0 bridgehead atoms. The molecule has 1 N–H and O–H groups in total. The molecule has 0 aromatic heterocycles. The molecule has 3 heteroatoms. The largest absolute Gasteiger partial charge is 0.457 e. The van der Waals surface area contributed by atoms with E-state index in [-0.39, 0.29) is 6.04 Å². The Kier molecular flexibility index (Phi) is 8.46. The molecular formula is C59H40N2O. The van der Waals surface area contributed by atoms with Crippen LogP contribution >= 0.6 is 0 Å². The lowest BCUT2D eigenvalue weighted by Crippen LogP contribution is -2.32. The Bertz CT molecular complexity index is 3170. The Morgan fingerprint density at radius 2 is 0.839 bits per heavy atom. The minimum Gasteiger partial charge on any atom is -0.457 e. The number of para-hydroxylation sites is 1. The number of aliphatic imine (C=N–C) groups is 1. The summed E-state index contributed by atoms with van der Waals surface area (Å²) in [6.07, 6.45) is 2.26. The summed E-state index contributed by atoms with van der Waals surface area (Å²) in [7, 11) is 0. The number of rotatable bonds is 6. The van der Waals surface area contributed by atoms with Crippen LogP contribution in [0.3, 0.4) is 0 Å². The van der Waals surface area contributed by atoms with E-state index in [2.05, 4.69) is 236 Å². The quantitative estimate of drug-likeness (QED) is 0.182. The Hall–Kier alpha value is -8.01. The van der Waals surface area contributed by atoms with Gasteiger partial charge in [-0.1, -0.05) is 206 Å². The van der Waals surface area contributed by atoms with Gasteiger partial charge in [0.25, 0.3) is 0 Å². The molecule has 3 nitrogen and oxygen atoms in total. The molecule has 2 aliphatic heterocycles. The van der Waals surface area contributed by atoms with Crippen molar-refractivity contribution in [2.45, 2.75) is 11.5 Å². The molecule has 9 aromatic carbocycles. The average molecular weight is 793 g/mol. The third kappa shape index (κ3) is 5.78. The second-order valence-corrected chi connectivity index (χ2v) is 16.3. The van der Waals surface area contributed by atoms with Crippen molar-refractivity contribution < 1.29 is 4.74 Å². The second-order valence-electron chi connectivity index (χ2n) is 16.3. The number of nitrogens with one attached hydrogen (secondary N) is 1. The lowest BCUT2D eigenvalue weighted by molar-refractivity contribution is 0.436. The molecule has 0 amide bonds. The maximum atomic E-state index is 6.79. The van der Waals surface area contributed by atoms with Crippen LogP contribution in [0.5, 0.6) is 11.5 Å². The van der Waals surface area contributed by atoms with Gasteiger partial charge in [-0.25, -0.2) is 4.99 Å². The second kappa shape index (κ2) is 14.6. The molecule has 0 radical (unpaired) electrons. The number of hydrogen-bond acceptors (Lipinski definition) is 3. The van der Waals surface area contributed by atoms with Crippen LogP contribution in [0.15, 0.2) is 236 Å². The lowest BCUT2D eigenvalue weighted by atomic mass is 9.65. The van der Waals surface area contributed by atoms with Crippen LogP contribution in [0.1, 0.15) is 45.0 Å². The van der Waals surface area contributed by atoms with Gasteiger partial charge in [0.05, 0.1) is 17.2 Å². The standard InChI is InChI=1S/C59H40N2O/c1-3-15-39(16-4-1)41-27-31-43(32-28-41)54-38-55(44-33-29-42(30-34-44)40-17-5-2-6-18-40)61-58(60-54)49-22-8-7-19-46(49)45-35-36-57-53(37-45)59(52-25-13-14-26-56(52)62-57)50-23-11-9-20-47(50)48-21-10-12-24-51(48)59/h1-38,54H,(H,60,61). The Morgan fingerprint density at radius 1 is 0.371 bits per heavy atom. The van der Waals surface area contributed by atoms with E-state index < -0.39 is 5.41 Å². The van der Waals surface area contributed by atoms with E-state index in [1.165, 1.54) is 44.5 Å². The van der Waals surface area contributed by atoms with Gasteiger partial charge in [-0.2, -0.15) is 0 Å². The minimum absolute atomic E-state index is 0.118. The van der Waals surface area contributed by atoms with Crippen LogP contribution in [0, 0.1) is 0 Å². The van der Waals surface area contributed by atoms with Gasteiger partial charge >= 0.3 is 0 Å². The van der Waals surface area contributed by atoms with Crippen molar-refractivity contribution in [3.05, 3.63) is 269 Å². The molecule has 2 heterocycles. The van der Waals surface area contributed by atoms with E-state index in [4.69, 9.17) is 9.73 Å². The van der Waals surface area contributed by atoms with Crippen LogP contribution in [-0.4, -0.2) is 5.84 Å². The highest BCUT2D eigenvalue weighted by Crippen LogP contribution is 2.62. The third-order valence-electron chi connectivity index (χ3n) is 12.9. The summed E-state index contributed by atoms with van der Waals surface area (Å²) >= 11 is 0. The van der Waals surface area contributed by atoms with E-state index in [0.29, 0.717) is 0 Å². The Labute approximate surface area is 362 Å². The predicted molar refractivity (Wildman–Crippen MR) is 253 cm³/mol. The zero-order valence-electron chi connectivity index (χ0n) is 33.9. The molecule has 9 aromatic rings. The van der Waals surface area contributed by atoms with Gasteiger partial charge in [0.1, 0.15) is 17.3 Å². The smallest absolute Gasteiger partial charge is 0.135 e. The summed E-state index contributed by atoms with van der Waals surface area (Å²) in [5, 5.41) is 3.89. The monoisotopic (exact) mass is 792 g/mol. The fraction of sp³-hybridized carbons (Fsp3) is 0.0339. The molecule has 0 saturated carbocycles. The highest BCUT2D eigenvalue weighted by molar-refractivity contribution is 6.08. The number of fused-ring (bicyclic) bond motifs is 9. The topological polar surface area (TPSA) is 33.6 Å². The van der Waals surface area contributed by atoms with Crippen LogP contribution in [-0.2, 0) is 5.41 Å². The summed E-state index contributed by atoms with van der Waals surface area (Å²) in [5.41, 5.74) is 17.9. The number of ether oxygens (including phenoxy) is 1. The van der Waals surface area contributed by atoms with Crippen molar-refractivity contribution in [1.82, 2.24) is 5.32 Å². The molecule has 1 aliphatic carbocycles. The first-order valence-electron chi connectivity index (χ1n) is 21.3. The Morgan fingerprint density at radius 3 is 1.48 bits per heavy atom. The van der Waals surface area contributed by atoms with Crippen molar-refractivity contribution in [3.63, 3.8) is 0 Å². The van der Waals surface area contributed by atoms with Gasteiger partial charge in [-0.3, -0.25) is 0 Å². The molecule has 3 aliphatic rings. The van der Waals surface area contributed by atoms with Crippen molar-refractivity contribution in [1.29, 1.82) is 0 Å². The molecular weight excluding hydrogens is 753 g/mol. The van der Waals surface area contributed by atoms with E-state index in [9.17, 15) is 0 Å². The normalized spacial score (nSPS) is 15.2. The average Bonchev–Trinajstić information content (AvgIpc) is 3.65. The van der Waals surface area contributed by atoms with Gasteiger partial charge in [-0.05, 0) is 91.0 Å². The molecule has 292 valence electrons. The highest BCUT2D eigenvalue weighted by Gasteiger charge is 2.51. The fourth-order valence-electron chi connectivity index (χ4n) is 9.96. The van der Waals surface area contributed by atoms with E-state index >= 15 is 0 Å². The first-order chi connectivity index (χ1) is 30.7. The summed E-state index contributed by atoms with van der Waals surface area (Å²) in [6.45, 7) is 0. The van der Waals surface area contributed by atoms with Crippen LogP contribution < -0.4 is 10.1 Å². The summed E-state index contributed by atoms with van der Waals surface area (Å²) in [5.74, 6) is 2.58.